The predicted molar refractivity (Wildman–Crippen MR) is 55.9 cm³/mol. The number of hydrogen-bond donors (Lipinski definition) is 1. The van der Waals surface area contributed by atoms with E-state index in [1.165, 1.54) is 0 Å². The van der Waals surface area contributed by atoms with Gasteiger partial charge in [-0.3, -0.25) is 4.98 Å². The molecule has 0 fully saturated rings. The molecule has 2 unspecified atom stereocenters. The highest BCUT2D eigenvalue weighted by atomic mass is 35.5. The van der Waals surface area contributed by atoms with Crippen LogP contribution in [0.4, 0.5) is 0 Å². The fourth-order valence-corrected chi connectivity index (χ4v) is 1.82. The molecule has 0 saturated heterocycles. The molecule has 0 bridgehead atoms. The van der Waals surface area contributed by atoms with Gasteiger partial charge in [0.1, 0.15) is 0 Å². The van der Waals surface area contributed by atoms with E-state index in [1.54, 1.807) is 12.4 Å². The molecular weight excluding hydrogens is 184 g/mol. The lowest BCUT2D eigenvalue weighted by Crippen LogP contribution is -2.24. The second kappa shape index (κ2) is 4.58. The Morgan fingerprint density at radius 2 is 2.31 bits per heavy atom. The molecule has 0 amide bonds. The van der Waals surface area contributed by atoms with E-state index >= 15 is 0 Å². The van der Waals surface area contributed by atoms with Crippen molar-refractivity contribution in [3.05, 3.63) is 29.0 Å². The van der Waals surface area contributed by atoms with Gasteiger partial charge in [0.25, 0.3) is 0 Å². The topological polar surface area (TPSA) is 38.9 Å². The van der Waals surface area contributed by atoms with Crippen LogP contribution in [0.3, 0.4) is 0 Å². The lowest BCUT2D eigenvalue weighted by Gasteiger charge is -2.20. The smallest absolute Gasteiger partial charge is 0.0624 e. The Morgan fingerprint density at radius 3 is 2.77 bits per heavy atom. The summed E-state index contributed by atoms with van der Waals surface area (Å²) in [6, 6.07) is 2.07. The summed E-state index contributed by atoms with van der Waals surface area (Å²) in [7, 11) is 0. The highest BCUT2D eigenvalue weighted by Gasteiger charge is 2.16. The van der Waals surface area contributed by atoms with Crippen molar-refractivity contribution in [2.75, 3.05) is 0 Å². The van der Waals surface area contributed by atoms with Crippen LogP contribution >= 0.6 is 11.6 Å². The summed E-state index contributed by atoms with van der Waals surface area (Å²) in [5.74, 6) is 0.329. The Balaban J connectivity index is 2.97. The fraction of sp³-hybridized carbons (Fsp3) is 0.500. The molecule has 0 radical (unpaired) electrons. The number of pyridine rings is 1. The first-order valence-corrected chi connectivity index (χ1v) is 4.89. The third-order valence-corrected chi connectivity index (χ3v) is 2.59. The number of aromatic nitrogens is 1. The highest BCUT2D eigenvalue weighted by Crippen LogP contribution is 2.27. The number of halogens is 1. The first-order chi connectivity index (χ1) is 6.16. The summed E-state index contributed by atoms with van der Waals surface area (Å²) in [5.41, 5.74) is 6.97. The van der Waals surface area contributed by atoms with E-state index in [9.17, 15) is 0 Å². The molecule has 3 heteroatoms. The van der Waals surface area contributed by atoms with Crippen LogP contribution in [0.2, 0.25) is 5.02 Å². The SMILES string of the molecule is CCC(c1ccncc1Cl)C(C)N. The molecule has 0 saturated carbocycles. The van der Waals surface area contributed by atoms with Gasteiger partial charge in [-0.15, -0.1) is 0 Å². The summed E-state index contributed by atoms with van der Waals surface area (Å²) in [5, 5.41) is 0.714. The van der Waals surface area contributed by atoms with Crippen molar-refractivity contribution in [2.45, 2.75) is 32.2 Å². The van der Waals surface area contributed by atoms with Crippen molar-refractivity contribution in [1.29, 1.82) is 0 Å². The largest absolute Gasteiger partial charge is 0.327 e. The quantitative estimate of drug-likeness (QED) is 0.811. The van der Waals surface area contributed by atoms with Crippen molar-refractivity contribution in [3.8, 4) is 0 Å². The highest BCUT2D eigenvalue weighted by molar-refractivity contribution is 6.31. The summed E-state index contributed by atoms with van der Waals surface area (Å²) in [6.07, 6.45) is 4.43. The maximum Gasteiger partial charge on any atom is 0.0624 e. The normalized spacial score (nSPS) is 15.4. The second-order valence-electron chi connectivity index (χ2n) is 3.27. The molecule has 2 nitrogen and oxygen atoms in total. The lowest BCUT2D eigenvalue weighted by atomic mass is 9.91. The van der Waals surface area contributed by atoms with Gasteiger partial charge in [0.2, 0.25) is 0 Å². The summed E-state index contributed by atoms with van der Waals surface area (Å²) >= 11 is 6.02. The van der Waals surface area contributed by atoms with Gasteiger partial charge < -0.3 is 5.73 Å². The van der Waals surface area contributed by atoms with E-state index in [4.69, 9.17) is 17.3 Å². The molecule has 0 aliphatic heterocycles. The third-order valence-electron chi connectivity index (χ3n) is 2.28. The van der Waals surface area contributed by atoms with Crippen LogP contribution < -0.4 is 5.73 Å². The maximum absolute atomic E-state index is 6.02. The van der Waals surface area contributed by atoms with Gasteiger partial charge in [-0.2, -0.15) is 0 Å². The van der Waals surface area contributed by atoms with Crippen LogP contribution in [0.25, 0.3) is 0 Å². The Labute approximate surface area is 84.1 Å². The fourth-order valence-electron chi connectivity index (χ4n) is 1.56. The first-order valence-electron chi connectivity index (χ1n) is 4.51. The van der Waals surface area contributed by atoms with Crippen molar-refractivity contribution >= 4 is 11.6 Å². The molecule has 1 rings (SSSR count). The molecule has 1 heterocycles. The van der Waals surface area contributed by atoms with Crippen molar-refractivity contribution in [3.63, 3.8) is 0 Å². The van der Waals surface area contributed by atoms with E-state index in [0.29, 0.717) is 10.9 Å². The van der Waals surface area contributed by atoms with Crippen molar-refractivity contribution < 1.29 is 0 Å². The molecule has 0 aliphatic carbocycles. The van der Waals surface area contributed by atoms with E-state index < -0.39 is 0 Å². The minimum atomic E-state index is 0.130. The van der Waals surface area contributed by atoms with Crippen LogP contribution in [0.5, 0.6) is 0 Å². The molecule has 0 aromatic carbocycles. The van der Waals surface area contributed by atoms with Crippen molar-refractivity contribution in [1.82, 2.24) is 4.98 Å². The molecule has 0 aliphatic rings. The van der Waals surface area contributed by atoms with Crippen LogP contribution in [-0.4, -0.2) is 11.0 Å². The minimum Gasteiger partial charge on any atom is -0.327 e. The Morgan fingerprint density at radius 1 is 1.62 bits per heavy atom. The zero-order valence-corrected chi connectivity index (χ0v) is 8.75. The standard InChI is InChI=1S/C10H15ClN2/c1-3-8(7(2)12)9-4-5-13-6-10(9)11/h4-8H,3,12H2,1-2H3. The lowest BCUT2D eigenvalue weighted by molar-refractivity contribution is 0.552. The van der Waals surface area contributed by atoms with Gasteiger partial charge in [0.05, 0.1) is 5.02 Å². The molecule has 1 aromatic rings. The molecular formula is C10H15ClN2. The number of hydrogen-bond acceptors (Lipinski definition) is 2. The van der Waals surface area contributed by atoms with E-state index in [0.717, 1.165) is 12.0 Å². The zero-order chi connectivity index (χ0) is 9.84. The van der Waals surface area contributed by atoms with Crippen LogP contribution in [-0.2, 0) is 0 Å². The summed E-state index contributed by atoms with van der Waals surface area (Å²) in [4.78, 5) is 3.95. The third kappa shape index (κ3) is 2.42. The van der Waals surface area contributed by atoms with Gasteiger partial charge in [0, 0.05) is 24.4 Å². The Kier molecular flexibility index (Phi) is 3.70. The Bertz CT molecular complexity index is 273. The maximum atomic E-state index is 6.02. The van der Waals surface area contributed by atoms with Gasteiger partial charge in [0.15, 0.2) is 0 Å². The molecule has 2 atom stereocenters. The second-order valence-corrected chi connectivity index (χ2v) is 3.68. The molecule has 0 spiro atoms. The summed E-state index contributed by atoms with van der Waals surface area (Å²) in [6.45, 7) is 4.12. The van der Waals surface area contributed by atoms with Crippen LogP contribution in [0, 0.1) is 0 Å². The van der Waals surface area contributed by atoms with E-state index in [2.05, 4.69) is 11.9 Å². The Hall–Kier alpha value is -0.600. The van der Waals surface area contributed by atoms with E-state index in [-0.39, 0.29) is 6.04 Å². The van der Waals surface area contributed by atoms with Gasteiger partial charge in [-0.1, -0.05) is 18.5 Å². The molecule has 2 N–H and O–H groups in total. The van der Waals surface area contributed by atoms with Gasteiger partial charge >= 0.3 is 0 Å². The molecule has 13 heavy (non-hydrogen) atoms. The average Bonchev–Trinajstić information content (AvgIpc) is 2.09. The number of nitrogens with zero attached hydrogens (tertiary/aromatic N) is 1. The predicted octanol–water partition coefficient (Wildman–Crippen LogP) is 2.58. The first kappa shape index (κ1) is 10.5. The van der Waals surface area contributed by atoms with E-state index in [1.807, 2.05) is 13.0 Å². The van der Waals surface area contributed by atoms with Crippen LogP contribution in [0.15, 0.2) is 18.5 Å². The average molecular weight is 199 g/mol. The van der Waals surface area contributed by atoms with Crippen LogP contribution in [0.1, 0.15) is 31.7 Å². The minimum absolute atomic E-state index is 0.130. The van der Waals surface area contributed by atoms with Gasteiger partial charge in [-0.25, -0.2) is 0 Å². The molecule has 1 aromatic heterocycles. The number of rotatable bonds is 3. The zero-order valence-electron chi connectivity index (χ0n) is 8.00. The molecule has 72 valence electrons. The van der Waals surface area contributed by atoms with Crippen molar-refractivity contribution in [2.24, 2.45) is 5.73 Å². The number of nitrogens with two attached hydrogens (primary N) is 1. The summed E-state index contributed by atoms with van der Waals surface area (Å²) < 4.78 is 0. The monoisotopic (exact) mass is 198 g/mol. The van der Waals surface area contributed by atoms with Gasteiger partial charge in [-0.05, 0) is 25.0 Å².